The SMILES string of the molecule is C[C@]1(OCc2ccccc2)[C@@H](O)O[C@@]2(C[C@H]2OCc2ccccc2)[C@H]1OCc1ccccc1. The fourth-order valence-electron chi connectivity index (χ4n) is 4.62. The molecule has 3 aromatic rings. The molecule has 5 rings (SSSR count). The van der Waals surface area contributed by atoms with Crippen LogP contribution in [0.4, 0.5) is 0 Å². The van der Waals surface area contributed by atoms with Gasteiger partial charge in [-0.05, 0) is 23.6 Å². The fraction of sp³-hybridized carbons (Fsp3) is 0.357. The van der Waals surface area contributed by atoms with Gasteiger partial charge < -0.3 is 24.1 Å². The van der Waals surface area contributed by atoms with E-state index < -0.39 is 23.6 Å². The second-order valence-corrected chi connectivity index (χ2v) is 9.05. The van der Waals surface area contributed by atoms with Gasteiger partial charge in [-0.15, -0.1) is 0 Å². The van der Waals surface area contributed by atoms with Crippen molar-refractivity contribution in [1.29, 1.82) is 0 Å². The first-order valence-corrected chi connectivity index (χ1v) is 11.4. The van der Waals surface area contributed by atoms with Gasteiger partial charge >= 0.3 is 0 Å². The summed E-state index contributed by atoms with van der Waals surface area (Å²) in [7, 11) is 0. The van der Waals surface area contributed by atoms with Gasteiger partial charge in [-0.1, -0.05) is 91.0 Å². The van der Waals surface area contributed by atoms with Crippen LogP contribution in [0.5, 0.6) is 0 Å². The lowest BCUT2D eigenvalue weighted by atomic mass is 9.95. The van der Waals surface area contributed by atoms with E-state index in [-0.39, 0.29) is 6.10 Å². The maximum atomic E-state index is 11.0. The van der Waals surface area contributed by atoms with Crippen LogP contribution in [0.3, 0.4) is 0 Å². The topological polar surface area (TPSA) is 57.2 Å². The quantitative estimate of drug-likeness (QED) is 0.520. The Morgan fingerprint density at radius 3 is 1.79 bits per heavy atom. The van der Waals surface area contributed by atoms with Gasteiger partial charge in [-0.2, -0.15) is 0 Å². The van der Waals surface area contributed by atoms with Crippen molar-refractivity contribution in [3.8, 4) is 0 Å². The highest BCUT2D eigenvalue weighted by Gasteiger charge is 2.75. The summed E-state index contributed by atoms with van der Waals surface area (Å²) in [6.45, 7) is 3.12. The maximum Gasteiger partial charge on any atom is 0.187 e. The highest BCUT2D eigenvalue weighted by Crippen LogP contribution is 2.57. The van der Waals surface area contributed by atoms with E-state index in [0.717, 1.165) is 16.7 Å². The van der Waals surface area contributed by atoms with E-state index in [1.54, 1.807) is 0 Å². The number of rotatable bonds is 9. The molecule has 0 bridgehead atoms. The number of hydrogen-bond donors (Lipinski definition) is 1. The minimum Gasteiger partial charge on any atom is -0.370 e. The molecule has 172 valence electrons. The molecule has 1 aliphatic carbocycles. The van der Waals surface area contributed by atoms with Gasteiger partial charge in [0.15, 0.2) is 6.29 Å². The van der Waals surface area contributed by atoms with E-state index in [1.165, 1.54) is 0 Å². The summed E-state index contributed by atoms with van der Waals surface area (Å²) in [5.41, 5.74) is 1.43. The smallest absolute Gasteiger partial charge is 0.187 e. The standard InChI is InChI=1S/C28H30O5/c1-27(32-20-23-15-9-4-10-16-23)25(31-19-22-13-7-3-8-14-22)28(33-26(27)29)17-24(28)30-18-21-11-5-2-6-12-21/h2-16,24-26,29H,17-20H2,1H3/t24-,25+,26+,27-,28-/m1/s1. The monoisotopic (exact) mass is 446 g/mol. The Labute approximate surface area is 194 Å². The predicted molar refractivity (Wildman–Crippen MR) is 124 cm³/mol. The van der Waals surface area contributed by atoms with Crippen LogP contribution in [0.2, 0.25) is 0 Å². The Hall–Kier alpha value is -2.54. The third kappa shape index (κ3) is 4.60. The summed E-state index contributed by atoms with van der Waals surface area (Å²) in [5.74, 6) is 0. The van der Waals surface area contributed by atoms with Crippen LogP contribution in [0, 0.1) is 0 Å². The van der Waals surface area contributed by atoms with Gasteiger partial charge in [0, 0.05) is 6.42 Å². The van der Waals surface area contributed by atoms with E-state index in [2.05, 4.69) is 0 Å². The Kier molecular flexibility index (Phi) is 6.32. The van der Waals surface area contributed by atoms with Crippen molar-refractivity contribution < 1.29 is 24.1 Å². The van der Waals surface area contributed by atoms with Crippen LogP contribution in [-0.2, 0) is 38.8 Å². The molecule has 33 heavy (non-hydrogen) atoms. The van der Waals surface area contributed by atoms with Crippen molar-refractivity contribution in [3.63, 3.8) is 0 Å². The molecule has 0 radical (unpaired) electrons. The van der Waals surface area contributed by atoms with Crippen LogP contribution in [0.1, 0.15) is 30.0 Å². The zero-order valence-electron chi connectivity index (χ0n) is 18.8. The second kappa shape index (κ2) is 9.37. The largest absolute Gasteiger partial charge is 0.370 e. The summed E-state index contributed by atoms with van der Waals surface area (Å²) in [6, 6.07) is 30.0. The Morgan fingerprint density at radius 2 is 1.24 bits per heavy atom. The van der Waals surface area contributed by atoms with Gasteiger partial charge in [0.1, 0.15) is 17.3 Å². The van der Waals surface area contributed by atoms with Crippen LogP contribution < -0.4 is 0 Å². The second-order valence-electron chi connectivity index (χ2n) is 9.05. The third-order valence-corrected chi connectivity index (χ3v) is 6.62. The zero-order chi connectivity index (χ0) is 22.7. The molecular formula is C28H30O5. The molecule has 3 aromatic carbocycles. The van der Waals surface area contributed by atoms with Crippen LogP contribution >= 0.6 is 0 Å². The van der Waals surface area contributed by atoms with Gasteiger partial charge in [-0.25, -0.2) is 0 Å². The van der Waals surface area contributed by atoms with Gasteiger partial charge in [-0.3, -0.25) is 0 Å². The molecule has 2 fully saturated rings. The lowest BCUT2D eigenvalue weighted by Gasteiger charge is -2.33. The summed E-state index contributed by atoms with van der Waals surface area (Å²) >= 11 is 0. The highest BCUT2D eigenvalue weighted by atomic mass is 16.7. The molecule has 0 unspecified atom stereocenters. The zero-order valence-corrected chi connectivity index (χ0v) is 18.8. The Morgan fingerprint density at radius 1 is 0.758 bits per heavy atom. The van der Waals surface area contributed by atoms with Gasteiger partial charge in [0.25, 0.3) is 0 Å². The first kappa shape index (κ1) is 22.3. The summed E-state index contributed by atoms with van der Waals surface area (Å²) in [4.78, 5) is 0. The molecule has 0 aromatic heterocycles. The fourth-order valence-corrected chi connectivity index (χ4v) is 4.62. The van der Waals surface area contributed by atoms with Crippen LogP contribution in [0.25, 0.3) is 0 Å². The number of benzene rings is 3. The normalized spacial score (nSPS) is 30.5. The molecule has 5 heteroatoms. The molecule has 0 amide bonds. The minimum absolute atomic E-state index is 0.171. The van der Waals surface area contributed by atoms with Crippen molar-refractivity contribution in [2.75, 3.05) is 0 Å². The molecule has 2 aliphatic rings. The molecule has 1 spiro atoms. The van der Waals surface area contributed by atoms with E-state index in [0.29, 0.717) is 26.2 Å². The number of aliphatic hydroxyl groups excluding tert-OH is 1. The van der Waals surface area contributed by atoms with Crippen molar-refractivity contribution in [3.05, 3.63) is 108 Å². The van der Waals surface area contributed by atoms with E-state index >= 15 is 0 Å². The van der Waals surface area contributed by atoms with Crippen molar-refractivity contribution >= 4 is 0 Å². The molecular weight excluding hydrogens is 416 g/mol. The first-order valence-electron chi connectivity index (χ1n) is 11.4. The van der Waals surface area contributed by atoms with Gasteiger partial charge in [0.05, 0.1) is 25.9 Å². The minimum atomic E-state index is -1.12. The molecule has 1 heterocycles. The summed E-state index contributed by atoms with van der Waals surface area (Å²) in [6.07, 6.45) is -1.12. The van der Waals surface area contributed by atoms with Crippen LogP contribution in [0.15, 0.2) is 91.0 Å². The summed E-state index contributed by atoms with van der Waals surface area (Å²) < 4.78 is 25.1. The van der Waals surface area contributed by atoms with E-state index in [1.807, 2.05) is 97.9 Å². The molecule has 1 N–H and O–H groups in total. The van der Waals surface area contributed by atoms with E-state index in [9.17, 15) is 5.11 Å². The Balaban J connectivity index is 1.33. The average molecular weight is 447 g/mol. The summed E-state index contributed by atoms with van der Waals surface area (Å²) in [5, 5.41) is 11.0. The molecule has 5 atom stereocenters. The molecule has 1 aliphatic heterocycles. The van der Waals surface area contributed by atoms with Gasteiger partial charge in [0.2, 0.25) is 0 Å². The van der Waals surface area contributed by atoms with Crippen molar-refractivity contribution in [2.45, 2.75) is 62.9 Å². The highest BCUT2D eigenvalue weighted by molar-refractivity contribution is 5.24. The van der Waals surface area contributed by atoms with Crippen molar-refractivity contribution in [1.82, 2.24) is 0 Å². The number of ether oxygens (including phenoxy) is 4. The van der Waals surface area contributed by atoms with Crippen LogP contribution in [-0.4, -0.2) is 34.8 Å². The lowest BCUT2D eigenvalue weighted by Crippen LogP contribution is -2.50. The van der Waals surface area contributed by atoms with Crippen molar-refractivity contribution in [2.24, 2.45) is 0 Å². The average Bonchev–Trinajstić information content (AvgIpc) is 3.50. The lowest BCUT2D eigenvalue weighted by molar-refractivity contribution is -0.204. The number of aliphatic hydroxyl groups is 1. The molecule has 1 saturated carbocycles. The maximum absolute atomic E-state index is 11.0. The predicted octanol–water partition coefficient (Wildman–Crippen LogP) is 4.62. The number of hydrogen-bond acceptors (Lipinski definition) is 5. The molecule has 1 saturated heterocycles. The molecule has 5 nitrogen and oxygen atoms in total. The Bertz CT molecular complexity index is 1030. The third-order valence-electron chi connectivity index (χ3n) is 6.62. The first-order chi connectivity index (χ1) is 16.1. The van der Waals surface area contributed by atoms with E-state index in [4.69, 9.17) is 18.9 Å².